The molecule has 66 valence electrons. The molecule has 2 heteroatoms. The van der Waals surface area contributed by atoms with Crippen molar-refractivity contribution < 1.29 is 0 Å². The number of nitrogens with two attached hydrogens (primary N) is 1. The van der Waals surface area contributed by atoms with Gasteiger partial charge in [0.15, 0.2) is 0 Å². The highest BCUT2D eigenvalue weighted by atomic mass is 15.0. The first-order valence-corrected chi connectivity index (χ1v) is 4.40. The van der Waals surface area contributed by atoms with Gasteiger partial charge >= 0.3 is 0 Å². The minimum absolute atomic E-state index is 0.0827. The Morgan fingerprint density at radius 3 is 2.64 bits per heavy atom. The van der Waals surface area contributed by atoms with Crippen molar-refractivity contribution in [2.75, 3.05) is 0 Å². The summed E-state index contributed by atoms with van der Waals surface area (Å²) in [6, 6.07) is 0. The minimum atomic E-state index is 0.0827. The molecule has 0 aromatic carbocycles. The molecule has 0 fully saturated rings. The smallest absolute Gasteiger partial charge is 0.0737 e. The maximum Gasteiger partial charge on any atom is 0.0737 e. The normalized spacial score (nSPS) is 12.6. The number of unbranched alkanes of at least 4 members (excludes halogenated alkanes) is 1. The fourth-order valence-electron chi connectivity index (χ4n) is 0.827. The van der Waals surface area contributed by atoms with Crippen LogP contribution >= 0.6 is 0 Å². The van der Waals surface area contributed by atoms with E-state index in [2.05, 4.69) is 25.7 Å². The maximum absolute atomic E-state index is 5.67. The predicted octanol–water partition coefficient (Wildman–Crippen LogP) is 1.97. The summed E-state index contributed by atoms with van der Waals surface area (Å²) in [5, 5.41) is 3.15. The van der Waals surface area contributed by atoms with E-state index in [9.17, 15) is 0 Å². The molecule has 0 aromatic heterocycles. The standard InChI is InChI=1S/C9H20N2/c1-4-6-7-8(3)11-9(10)5-2/h9,11H,3-7,10H2,1-2H3. The maximum atomic E-state index is 5.67. The van der Waals surface area contributed by atoms with E-state index < -0.39 is 0 Å². The van der Waals surface area contributed by atoms with Crippen molar-refractivity contribution in [3.63, 3.8) is 0 Å². The summed E-state index contributed by atoms with van der Waals surface area (Å²) in [5.41, 5.74) is 6.74. The van der Waals surface area contributed by atoms with E-state index in [1.165, 1.54) is 12.8 Å². The van der Waals surface area contributed by atoms with Crippen LogP contribution in [0.5, 0.6) is 0 Å². The molecule has 11 heavy (non-hydrogen) atoms. The largest absolute Gasteiger partial charge is 0.374 e. The van der Waals surface area contributed by atoms with Gasteiger partial charge in [-0.2, -0.15) is 0 Å². The van der Waals surface area contributed by atoms with Crippen molar-refractivity contribution in [2.45, 2.75) is 45.7 Å². The number of allylic oxidation sites excluding steroid dienone is 1. The second kappa shape index (κ2) is 6.23. The van der Waals surface area contributed by atoms with Gasteiger partial charge in [-0.3, -0.25) is 0 Å². The first kappa shape index (κ1) is 10.5. The van der Waals surface area contributed by atoms with Gasteiger partial charge in [-0.05, 0) is 19.3 Å². The number of nitrogens with one attached hydrogen (secondary N) is 1. The lowest BCUT2D eigenvalue weighted by Gasteiger charge is -2.14. The lowest BCUT2D eigenvalue weighted by molar-refractivity contribution is 0.551. The Bertz CT molecular complexity index is 110. The molecule has 0 heterocycles. The number of hydrogen-bond donors (Lipinski definition) is 2. The van der Waals surface area contributed by atoms with E-state index in [4.69, 9.17) is 5.73 Å². The highest BCUT2D eigenvalue weighted by Crippen LogP contribution is 2.01. The van der Waals surface area contributed by atoms with Crippen molar-refractivity contribution in [1.82, 2.24) is 5.32 Å². The first-order chi connectivity index (χ1) is 5.20. The van der Waals surface area contributed by atoms with Crippen LogP contribution < -0.4 is 11.1 Å². The first-order valence-electron chi connectivity index (χ1n) is 4.40. The third-order valence-corrected chi connectivity index (χ3v) is 1.66. The molecule has 0 spiro atoms. The molecular formula is C9H20N2. The number of hydrogen-bond acceptors (Lipinski definition) is 2. The molecule has 1 atom stereocenters. The van der Waals surface area contributed by atoms with E-state index in [1.54, 1.807) is 0 Å². The average Bonchev–Trinajstić information content (AvgIpc) is 2.00. The van der Waals surface area contributed by atoms with Crippen LogP contribution in [0, 0.1) is 0 Å². The van der Waals surface area contributed by atoms with Gasteiger partial charge in [-0.15, -0.1) is 0 Å². The van der Waals surface area contributed by atoms with Gasteiger partial charge in [-0.25, -0.2) is 0 Å². The second-order valence-corrected chi connectivity index (χ2v) is 2.87. The third kappa shape index (κ3) is 5.92. The molecule has 0 aromatic rings. The topological polar surface area (TPSA) is 38.0 Å². The van der Waals surface area contributed by atoms with Crippen LogP contribution in [0.2, 0.25) is 0 Å². The molecule has 0 saturated carbocycles. The molecule has 0 bridgehead atoms. The Labute approximate surface area is 69.9 Å². The molecular weight excluding hydrogens is 136 g/mol. The lowest BCUT2D eigenvalue weighted by atomic mass is 10.2. The van der Waals surface area contributed by atoms with Gasteiger partial charge in [0.25, 0.3) is 0 Å². The Morgan fingerprint density at radius 1 is 1.55 bits per heavy atom. The Hall–Kier alpha value is -0.500. The van der Waals surface area contributed by atoms with Crippen LogP contribution in [-0.2, 0) is 0 Å². The van der Waals surface area contributed by atoms with Gasteiger partial charge in [0, 0.05) is 5.70 Å². The molecule has 0 amide bonds. The molecule has 0 saturated heterocycles. The molecule has 1 unspecified atom stereocenters. The van der Waals surface area contributed by atoms with Gasteiger partial charge in [0.2, 0.25) is 0 Å². The summed E-state index contributed by atoms with van der Waals surface area (Å²) < 4.78 is 0. The molecule has 0 aliphatic heterocycles. The zero-order valence-electron chi connectivity index (χ0n) is 7.69. The van der Waals surface area contributed by atoms with Gasteiger partial charge < -0.3 is 11.1 Å². The summed E-state index contributed by atoms with van der Waals surface area (Å²) in [4.78, 5) is 0. The van der Waals surface area contributed by atoms with Crippen LogP contribution in [0.3, 0.4) is 0 Å². The fraction of sp³-hybridized carbons (Fsp3) is 0.778. The number of rotatable bonds is 6. The Morgan fingerprint density at radius 2 is 2.18 bits per heavy atom. The van der Waals surface area contributed by atoms with Gasteiger partial charge in [0.05, 0.1) is 6.17 Å². The van der Waals surface area contributed by atoms with E-state index in [1.807, 2.05) is 0 Å². The van der Waals surface area contributed by atoms with E-state index in [0.717, 1.165) is 18.5 Å². The van der Waals surface area contributed by atoms with Crippen LogP contribution in [0.4, 0.5) is 0 Å². The van der Waals surface area contributed by atoms with Crippen molar-refractivity contribution in [3.05, 3.63) is 12.3 Å². The van der Waals surface area contributed by atoms with Crippen molar-refractivity contribution >= 4 is 0 Å². The highest BCUT2D eigenvalue weighted by molar-refractivity contribution is 4.91. The summed E-state index contributed by atoms with van der Waals surface area (Å²) in [6.45, 7) is 8.12. The second-order valence-electron chi connectivity index (χ2n) is 2.87. The summed E-state index contributed by atoms with van der Waals surface area (Å²) >= 11 is 0. The van der Waals surface area contributed by atoms with E-state index >= 15 is 0 Å². The SMILES string of the molecule is C=C(CCCC)NC(N)CC. The zero-order chi connectivity index (χ0) is 8.69. The quantitative estimate of drug-likeness (QED) is 0.577. The van der Waals surface area contributed by atoms with Gasteiger partial charge in [0.1, 0.15) is 0 Å². The van der Waals surface area contributed by atoms with E-state index in [0.29, 0.717) is 0 Å². The highest BCUT2D eigenvalue weighted by Gasteiger charge is 1.98. The molecule has 3 N–H and O–H groups in total. The molecule has 0 radical (unpaired) electrons. The summed E-state index contributed by atoms with van der Waals surface area (Å²) in [7, 11) is 0. The predicted molar refractivity (Wildman–Crippen MR) is 50.1 cm³/mol. The van der Waals surface area contributed by atoms with Crippen LogP contribution in [0.1, 0.15) is 39.5 Å². The minimum Gasteiger partial charge on any atom is -0.374 e. The Balaban J connectivity index is 3.36. The Kier molecular flexibility index (Phi) is 5.94. The monoisotopic (exact) mass is 156 g/mol. The average molecular weight is 156 g/mol. The molecule has 0 aliphatic carbocycles. The van der Waals surface area contributed by atoms with Gasteiger partial charge in [-0.1, -0.05) is 26.8 Å². The van der Waals surface area contributed by atoms with Crippen molar-refractivity contribution in [1.29, 1.82) is 0 Å². The third-order valence-electron chi connectivity index (χ3n) is 1.66. The fourth-order valence-corrected chi connectivity index (χ4v) is 0.827. The van der Waals surface area contributed by atoms with E-state index in [-0.39, 0.29) is 6.17 Å². The molecule has 0 aliphatic rings. The van der Waals surface area contributed by atoms with Crippen molar-refractivity contribution in [3.8, 4) is 0 Å². The molecule has 2 nitrogen and oxygen atoms in total. The van der Waals surface area contributed by atoms with Crippen LogP contribution in [0.25, 0.3) is 0 Å². The molecule has 0 rings (SSSR count). The van der Waals surface area contributed by atoms with Crippen LogP contribution in [0.15, 0.2) is 12.3 Å². The zero-order valence-corrected chi connectivity index (χ0v) is 7.69. The lowest BCUT2D eigenvalue weighted by Crippen LogP contribution is -2.35. The van der Waals surface area contributed by atoms with Crippen LogP contribution in [-0.4, -0.2) is 6.17 Å². The summed E-state index contributed by atoms with van der Waals surface area (Å²) in [6.07, 6.45) is 4.49. The summed E-state index contributed by atoms with van der Waals surface area (Å²) in [5.74, 6) is 0. The van der Waals surface area contributed by atoms with Crippen molar-refractivity contribution in [2.24, 2.45) is 5.73 Å².